The van der Waals surface area contributed by atoms with Gasteiger partial charge in [0.15, 0.2) is 11.1 Å². The van der Waals surface area contributed by atoms with Crippen LogP contribution in [0.4, 0.5) is 24.7 Å². The summed E-state index contributed by atoms with van der Waals surface area (Å²) < 4.78 is 40.7. The molecule has 164 valence electrons. The molecule has 4 N–H and O–H groups in total. The molecule has 1 saturated carbocycles. The minimum absolute atomic E-state index is 0.142. The van der Waals surface area contributed by atoms with Gasteiger partial charge in [0.1, 0.15) is 11.5 Å². The molecule has 1 aromatic carbocycles. The van der Waals surface area contributed by atoms with Crippen LogP contribution < -0.4 is 21.7 Å². The second-order valence-corrected chi connectivity index (χ2v) is 7.38. The lowest BCUT2D eigenvalue weighted by Gasteiger charge is -2.10. The zero-order valence-electron chi connectivity index (χ0n) is 16.3. The van der Waals surface area contributed by atoms with Gasteiger partial charge in [-0.05, 0) is 37.1 Å². The molecule has 12 heteroatoms. The van der Waals surface area contributed by atoms with Crippen molar-refractivity contribution < 1.29 is 18.3 Å². The van der Waals surface area contributed by atoms with Crippen molar-refractivity contribution in [3.63, 3.8) is 0 Å². The Bertz CT molecular complexity index is 1500. The molecule has 0 radical (unpaired) electrons. The third kappa shape index (κ3) is 3.94. The van der Waals surface area contributed by atoms with Gasteiger partial charge in [0.05, 0.1) is 17.8 Å². The summed E-state index contributed by atoms with van der Waals surface area (Å²) in [7, 11) is 0. The number of nitrogens with zero attached hydrogens (tertiary/aromatic N) is 4. The Morgan fingerprint density at radius 2 is 2.06 bits per heavy atom. The van der Waals surface area contributed by atoms with Gasteiger partial charge in [-0.15, -0.1) is 0 Å². The number of anilines is 2. The molecule has 32 heavy (non-hydrogen) atoms. The first-order chi connectivity index (χ1) is 15.3. The van der Waals surface area contributed by atoms with Crippen molar-refractivity contribution in [2.75, 3.05) is 5.32 Å². The zero-order chi connectivity index (χ0) is 22.5. The maximum absolute atomic E-state index is 13.1. The van der Waals surface area contributed by atoms with Crippen molar-refractivity contribution in [2.45, 2.75) is 25.1 Å². The van der Waals surface area contributed by atoms with E-state index >= 15 is 0 Å². The number of benzene rings is 1. The number of hydrogen-bond acceptors (Lipinski definition) is 6. The molecule has 1 aliphatic carbocycles. The summed E-state index contributed by atoms with van der Waals surface area (Å²) in [5.41, 5.74) is -0.164. The van der Waals surface area contributed by atoms with Gasteiger partial charge in [-0.3, -0.25) is 9.98 Å². The summed E-state index contributed by atoms with van der Waals surface area (Å²) in [5, 5.41) is 17.5. The van der Waals surface area contributed by atoms with Crippen LogP contribution in [0.5, 0.6) is 5.88 Å². The lowest BCUT2D eigenvalue weighted by molar-refractivity contribution is -0.137. The number of aromatic amines is 2. The predicted octanol–water partition coefficient (Wildman–Crippen LogP) is 1.82. The molecular weight excluding hydrogens is 427 g/mol. The Morgan fingerprint density at radius 1 is 1.25 bits per heavy atom. The maximum Gasteiger partial charge on any atom is 0.416 e. The number of H-pyrrole nitrogens is 2. The largest absolute Gasteiger partial charge is 0.493 e. The molecule has 0 unspecified atom stereocenters. The van der Waals surface area contributed by atoms with Gasteiger partial charge in [0, 0.05) is 17.0 Å². The molecule has 0 saturated heterocycles. The maximum atomic E-state index is 13.1. The Hall–Kier alpha value is -4.09. The number of aromatic nitrogens is 5. The normalized spacial score (nSPS) is 15.6. The fraction of sp³-hybridized carbons (Fsp3) is 0.200. The summed E-state index contributed by atoms with van der Waals surface area (Å²) in [5.74, 6) is -0.0614. The van der Waals surface area contributed by atoms with Gasteiger partial charge >= 0.3 is 11.9 Å². The molecule has 4 aromatic rings. The van der Waals surface area contributed by atoms with Gasteiger partial charge in [0.25, 0.3) is 0 Å². The summed E-state index contributed by atoms with van der Waals surface area (Å²) in [6.45, 7) is 0. The van der Waals surface area contributed by atoms with Crippen molar-refractivity contribution in [2.24, 2.45) is 4.99 Å². The van der Waals surface area contributed by atoms with E-state index in [-0.39, 0.29) is 29.1 Å². The monoisotopic (exact) mass is 443 g/mol. The van der Waals surface area contributed by atoms with Crippen molar-refractivity contribution in [3.05, 3.63) is 69.0 Å². The first-order valence-electron chi connectivity index (χ1n) is 9.66. The highest BCUT2D eigenvalue weighted by Gasteiger charge is 2.30. The Kier molecular flexibility index (Phi) is 4.50. The van der Waals surface area contributed by atoms with Crippen molar-refractivity contribution in [3.8, 4) is 5.88 Å². The number of halogens is 3. The minimum Gasteiger partial charge on any atom is -0.493 e. The van der Waals surface area contributed by atoms with Crippen LogP contribution in [0, 0.1) is 0 Å². The molecule has 0 atom stereocenters. The van der Waals surface area contributed by atoms with Crippen molar-refractivity contribution in [1.29, 1.82) is 0 Å². The summed E-state index contributed by atoms with van der Waals surface area (Å²) in [6, 6.07) is 6.56. The third-order valence-electron chi connectivity index (χ3n) is 4.84. The number of alkyl halides is 3. The molecule has 0 bridgehead atoms. The van der Waals surface area contributed by atoms with Crippen LogP contribution in [-0.4, -0.2) is 35.7 Å². The highest BCUT2D eigenvalue weighted by molar-refractivity contribution is 5.61. The van der Waals surface area contributed by atoms with Gasteiger partial charge in [-0.2, -0.15) is 22.8 Å². The van der Waals surface area contributed by atoms with E-state index in [4.69, 9.17) is 0 Å². The van der Waals surface area contributed by atoms with E-state index in [0.717, 1.165) is 25.0 Å². The van der Waals surface area contributed by atoms with Crippen LogP contribution in [0.3, 0.4) is 0 Å². The van der Waals surface area contributed by atoms with Crippen LogP contribution >= 0.6 is 0 Å². The van der Waals surface area contributed by atoms with E-state index in [1.165, 1.54) is 28.9 Å². The topological polar surface area (TPSA) is 123 Å². The van der Waals surface area contributed by atoms with Crippen LogP contribution in [0.1, 0.15) is 24.1 Å². The van der Waals surface area contributed by atoms with Crippen LogP contribution in [0.15, 0.2) is 46.3 Å². The van der Waals surface area contributed by atoms with Gasteiger partial charge < -0.3 is 15.4 Å². The van der Waals surface area contributed by atoms with Gasteiger partial charge in [-0.25, -0.2) is 9.78 Å². The van der Waals surface area contributed by atoms with E-state index in [9.17, 15) is 23.1 Å². The second kappa shape index (κ2) is 7.25. The second-order valence-electron chi connectivity index (χ2n) is 7.38. The van der Waals surface area contributed by atoms with Crippen LogP contribution in [0.2, 0.25) is 0 Å². The lowest BCUT2D eigenvalue weighted by atomic mass is 10.2. The minimum atomic E-state index is -4.47. The van der Waals surface area contributed by atoms with Crippen LogP contribution in [-0.2, 0) is 6.18 Å². The molecule has 9 nitrogen and oxygen atoms in total. The number of imidazole rings is 1. The lowest BCUT2D eigenvalue weighted by Crippen LogP contribution is -2.20. The molecule has 0 aliphatic heterocycles. The number of nitrogens with one attached hydrogen (secondary N) is 3. The highest BCUT2D eigenvalue weighted by atomic mass is 19.4. The highest BCUT2D eigenvalue weighted by Crippen LogP contribution is 2.31. The summed E-state index contributed by atoms with van der Waals surface area (Å²) in [6.07, 6.45) is 0.396. The molecule has 1 aliphatic rings. The smallest absolute Gasteiger partial charge is 0.416 e. The molecule has 1 fully saturated rings. The van der Waals surface area contributed by atoms with E-state index in [0.29, 0.717) is 16.4 Å². The summed E-state index contributed by atoms with van der Waals surface area (Å²) in [4.78, 5) is 25.2. The SMILES string of the molecule is O=c1[nH]c(O)c(C=c2cnn3c(=NC4CC4)cc(Nc4cccc(C(F)(F)F)c4)nc23)[nH]1. The fourth-order valence-electron chi connectivity index (χ4n) is 3.18. The van der Waals surface area contributed by atoms with Crippen molar-refractivity contribution in [1.82, 2.24) is 24.6 Å². The number of fused-ring (bicyclic) bond motifs is 1. The first kappa shape index (κ1) is 19.8. The van der Waals surface area contributed by atoms with E-state index in [2.05, 4.69) is 30.4 Å². The average Bonchev–Trinajstić information content (AvgIpc) is 3.36. The van der Waals surface area contributed by atoms with Gasteiger partial charge in [0.2, 0.25) is 5.88 Å². The predicted molar refractivity (Wildman–Crippen MR) is 108 cm³/mol. The molecule has 0 amide bonds. The standard InChI is InChI=1S/C20H16F3N7O2/c21-20(22,23)11-2-1-3-13(7-11)25-15-8-16(26-12-4-5-12)30-17(28-15)10(9-24-30)6-14-18(31)29-19(32)27-14/h1-3,6-9,12,25,31H,4-5H2,(H2,27,29,32). The van der Waals surface area contributed by atoms with Gasteiger partial charge in [-0.1, -0.05) is 6.07 Å². The number of rotatable bonds is 4. The summed E-state index contributed by atoms with van der Waals surface area (Å²) >= 11 is 0. The third-order valence-corrected chi connectivity index (χ3v) is 4.84. The Morgan fingerprint density at radius 3 is 2.75 bits per heavy atom. The average molecular weight is 443 g/mol. The fourth-order valence-corrected chi connectivity index (χ4v) is 3.18. The Balaban J connectivity index is 1.64. The van der Waals surface area contributed by atoms with E-state index < -0.39 is 17.4 Å². The number of hydrogen-bond donors (Lipinski definition) is 4. The Labute approximate surface area is 177 Å². The molecule has 0 spiro atoms. The molecule has 3 aromatic heterocycles. The first-order valence-corrected chi connectivity index (χ1v) is 9.66. The van der Waals surface area contributed by atoms with E-state index in [1.807, 2.05) is 0 Å². The zero-order valence-corrected chi connectivity index (χ0v) is 16.3. The van der Waals surface area contributed by atoms with Crippen LogP contribution in [0.25, 0.3) is 11.7 Å². The van der Waals surface area contributed by atoms with Crippen molar-refractivity contribution >= 4 is 23.2 Å². The quantitative estimate of drug-likeness (QED) is 0.383. The van der Waals surface area contributed by atoms with E-state index in [1.54, 1.807) is 6.07 Å². The number of aromatic hydroxyl groups is 1. The molecular formula is C20H16F3N7O2. The molecule has 3 heterocycles. The molecule has 5 rings (SSSR count).